The molecule has 1 aliphatic heterocycles. The number of allylic oxidation sites excluding steroid dienone is 4. The Labute approximate surface area is 144 Å². The van der Waals surface area contributed by atoms with Crippen LogP contribution in [0.1, 0.15) is 50.3 Å². The Bertz CT molecular complexity index is 579. The van der Waals surface area contributed by atoms with Gasteiger partial charge in [-0.3, -0.25) is 0 Å². The minimum absolute atomic E-state index is 0.565. The van der Waals surface area contributed by atoms with Crippen molar-refractivity contribution in [1.82, 2.24) is 0 Å². The first-order chi connectivity index (χ1) is 11.1. The first-order valence-electron chi connectivity index (χ1n) is 8.57. The number of rotatable bonds is 7. The van der Waals surface area contributed by atoms with Gasteiger partial charge in [0, 0.05) is 0 Å². The van der Waals surface area contributed by atoms with E-state index in [-0.39, 0.29) is 0 Å². The van der Waals surface area contributed by atoms with Gasteiger partial charge in [-0.25, -0.2) is 0 Å². The third-order valence-electron chi connectivity index (χ3n) is 3.62. The van der Waals surface area contributed by atoms with Crippen LogP contribution in [0.4, 0.5) is 0 Å². The van der Waals surface area contributed by atoms with Crippen molar-refractivity contribution in [1.29, 1.82) is 0 Å². The van der Waals surface area contributed by atoms with Crippen LogP contribution in [0.5, 0.6) is 11.5 Å². The van der Waals surface area contributed by atoms with Crippen LogP contribution in [-0.2, 0) is 0 Å². The summed E-state index contributed by atoms with van der Waals surface area (Å²) in [5.74, 6) is 2.97. The summed E-state index contributed by atoms with van der Waals surface area (Å²) >= 11 is 1.74. The maximum Gasteiger partial charge on any atom is 0.180 e. The first-order valence-corrected chi connectivity index (χ1v) is 9.39. The average Bonchev–Trinajstić information content (AvgIpc) is 2.88. The van der Waals surface area contributed by atoms with Gasteiger partial charge in [0.2, 0.25) is 0 Å². The van der Waals surface area contributed by atoms with Crippen LogP contribution in [-0.4, -0.2) is 13.2 Å². The minimum Gasteiger partial charge on any atom is -0.485 e. The van der Waals surface area contributed by atoms with Crippen molar-refractivity contribution >= 4 is 23.5 Å². The number of ether oxygens (including phenoxy) is 2. The Morgan fingerprint density at radius 2 is 1.61 bits per heavy atom. The van der Waals surface area contributed by atoms with E-state index in [4.69, 9.17) is 9.47 Å². The monoisotopic (exact) mass is 332 g/mol. The number of thiophene rings is 1. The van der Waals surface area contributed by atoms with Crippen molar-refractivity contribution in [2.24, 2.45) is 11.8 Å². The molecule has 1 aromatic rings. The average molecular weight is 333 g/mol. The van der Waals surface area contributed by atoms with Gasteiger partial charge in [-0.05, 0) is 30.4 Å². The molecule has 0 bridgehead atoms. The lowest BCUT2D eigenvalue weighted by Crippen LogP contribution is -2.14. The molecule has 0 aromatic carbocycles. The van der Waals surface area contributed by atoms with Gasteiger partial charge in [0.15, 0.2) is 11.5 Å². The molecule has 2 heterocycles. The largest absolute Gasteiger partial charge is 0.485 e. The summed E-state index contributed by atoms with van der Waals surface area (Å²) in [6.07, 6.45) is 15.4. The Balaban J connectivity index is 2.20. The fraction of sp³-hybridized carbons (Fsp3) is 0.500. The smallest absolute Gasteiger partial charge is 0.180 e. The molecule has 1 aromatic heterocycles. The Hall–Kier alpha value is -1.48. The fourth-order valence-electron chi connectivity index (χ4n) is 2.45. The van der Waals surface area contributed by atoms with Crippen molar-refractivity contribution < 1.29 is 9.47 Å². The molecule has 126 valence electrons. The second-order valence-corrected chi connectivity index (χ2v) is 7.38. The van der Waals surface area contributed by atoms with Crippen molar-refractivity contribution in [3.05, 3.63) is 34.1 Å². The Morgan fingerprint density at radius 1 is 0.957 bits per heavy atom. The quantitative estimate of drug-likeness (QED) is 0.554. The SMILES string of the molecule is CCCC(C)/C=C/c1sc(/C=C/C=C/C(C)C)c2c1OCCO2. The van der Waals surface area contributed by atoms with Gasteiger partial charge in [0.05, 0.1) is 9.75 Å². The summed E-state index contributed by atoms with van der Waals surface area (Å²) < 4.78 is 11.7. The van der Waals surface area contributed by atoms with E-state index in [9.17, 15) is 0 Å². The lowest BCUT2D eigenvalue weighted by molar-refractivity contribution is 0.173. The molecular formula is C20H28O2S. The molecule has 23 heavy (non-hydrogen) atoms. The first kappa shape index (κ1) is 17.9. The Morgan fingerprint density at radius 3 is 2.22 bits per heavy atom. The Kier molecular flexibility index (Phi) is 6.97. The van der Waals surface area contributed by atoms with Crippen molar-refractivity contribution in [3.8, 4) is 11.5 Å². The van der Waals surface area contributed by atoms with E-state index in [2.05, 4.69) is 64.2 Å². The molecule has 2 nitrogen and oxygen atoms in total. The molecule has 0 saturated carbocycles. The molecule has 1 atom stereocenters. The van der Waals surface area contributed by atoms with Crippen molar-refractivity contribution in [2.75, 3.05) is 13.2 Å². The number of hydrogen-bond acceptors (Lipinski definition) is 3. The van der Waals surface area contributed by atoms with Crippen LogP contribution in [0.2, 0.25) is 0 Å². The second-order valence-electron chi connectivity index (χ2n) is 6.30. The molecule has 0 spiro atoms. The minimum atomic E-state index is 0.565. The summed E-state index contributed by atoms with van der Waals surface area (Å²) in [4.78, 5) is 2.30. The normalized spacial score (nSPS) is 16.2. The maximum atomic E-state index is 5.85. The van der Waals surface area contributed by atoms with Gasteiger partial charge < -0.3 is 9.47 Å². The lowest BCUT2D eigenvalue weighted by Gasteiger charge is -2.16. The summed E-state index contributed by atoms with van der Waals surface area (Å²) in [5, 5.41) is 0. The zero-order chi connectivity index (χ0) is 16.7. The van der Waals surface area contributed by atoms with Crippen LogP contribution in [0.3, 0.4) is 0 Å². The topological polar surface area (TPSA) is 18.5 Å². The highest BCUT2D eigenvalue weighted by Gasteiger charge is 2.21. The predicted octanol–water partition coefficient (Wildman–Crippen LogP) is 6.19. The zero-order valence-corrected chi connectivity index (χ0v) is 15.5. The highest BCUT2D eigenvalue weighted by Crippen LogP contribution is 2.45. The van der Waals surface area contributed by atoms with E-state index in [0.717, 1.165) is 21.3 Å². The molecule has 1 aliphatic rings. The van der Waals surface area contributed by atoms with E-state index in [1.54, 1.807) is 11.3 Å². The summed E-state index contributed by atoms with van der Waals surface area (Å²) in [6.45, 7) is 10.1. The highest BCUT2D eigenvalue weighted by molar-refractivity contribution is 7.14. The summed E-state index contributed by atoms with van der Waals surface area (Å²) in [7, 11) is 0. The standard InChI is InChI=1S/C20H28O2S/c1-5-8-16(4)11-12-18-20-19(21-13-14-22-20)17(23-18)10-7-6-9-15(2)3/h6-7,9-12,15-16H,5,8,13-14H2,1-4H3/b9-6+,10-7+,12-11+. The maximum absolute atomic E-state index is 5.85. The molecule has 0 amide bonds. The highest BCUT2D eigenvalue weighted by atomic mass is 32.1. The van der Waals surface area contributed by atoms with Crippen LogP contribution >= 0.6 is 11.3 Å². The number of hydrogen-bond donors (Lipinski definition) is 0. The second kappa shape index (κ2) is 8.97. The van der Waals surface area contributed by atoms with Crippen molar-refractivity contribution in [3.63, 3.8) is 0 Å². The van der Waals surface area contributed by atoms with E-state index in [0.29, 0.717) is 25.0 Å². The third kappa shape index (κ3) is 5.28. The molecule has 0 saturated heterocycles. The third-order valence-corrected chi connectivity index (χ3v) is 4.71. The lowest BCUT2D eigenvalue weighted by atomic mass is 10.1. The van der Waals surface area contributed by atoms with E-state index >= 15 is 0 Å². The van der Waals surface area contributed by atoms with Crippen LogP contribution in [0.15, 0.2) is 24.3 Å². The predicted molar refractivity (Wildman–Crippen MR) is 101 cm³/mol. The summed E-state index contributed by atoms with van der Waals surface area (Å²) in [5.41, 5.74) is 0. The molecule has 1 unspecified atom stereocenters. The van der Waals surface area contributed by atoms with E-state index in [1.165, 1.54) is 12.8 Å². The molecule has 3 heteroatoms. The van der Waals surface area contributed by atoms with Gasteiger partial charge in [-0.15, -0.1) is 11.3 Å². The molecule has 0 N–H and O–H groups in total. The van der Waals surface area contributed by atoms with Gasteiger partial charge in [-0.1, -0.05) is 58.4 Å². The van der Waals surface area contributed by atoms with E-state index < -0.39 is 0 Å². The van der Waals surface area contributed by atoms with Gasteiger partial charge in [0.25, 0.3) is 0 Å². The van der Waals surface area contributed by atoms with Gasteiger partial charge >= 0.3 is 0 Å². The van der Waals surface area contributed by atoms with Crippen LogP contribution in [0.25, 0.3) is 12.2 Å². The van der Waals surface area contributed by atoms with Crippen LogP contribution in [0, 0.1) is 11.8 Å². The molecule has 2 rings (SSSR count). The molecule has 0 aliphatic carbocycles. The molecular weight excluding hydrogens is 304 g/mol. The van der Waals surface area contributed by atoms with Crippen molar-refractivity contribution in [2.45, 2.75) is 40.5 Å². The number of fused-ring (bicyclic) bond motifs is 1. The van der Waals surface area contributed by atoms with Gasteiger partial charge in [-0.2, -0.15) is 0 Å². The van der Waals surface area contributed by atoms with Gasteiger partial charge in [0.1, 0.15) is 13.2 Å². The van der Waals surface area contributed by atoms with E-state index in [1.807, 2.05) is 0 Å². The zero-order valence-electron chi connectivity index (χ0n) is 14.7. The van der Waals surface area contributed by atoms with Crippen LogP contribution < -0.4 is 9.47 Å². The fourth-order valence-corrected chi connectivity index (χ4v) is 3.47. The summed E-state index contributed by atoms with van der Waals surface area (Å²) in [6, 6.07) is 0. The molecule has 0 radical (unpaired) electrons. The molecule has 0 fully saturated rings.